The molecule has 1 aliphatic carbocycles. The fourth-order valence-electron chi connectivity index (χ4n) is 7.71. The van der Waals surface area contributed by atoms with Crippen molar-refractivity contribution in [1.82, 2.24) is 30.8 Å². The highest BCUT2D eigenvalue weighted by atomic mass is 32.1. The number of aromatic nitrogens is 2. The number of unbranched alkanes of at least 4 members (excludes halogenated alkanes) is 1. The topological polar surface area (TPSA) is 223 Å². The van der Waals surface area contributed by atoms with Crippen molar-refractivity contribution in [2.45, 2.75) is 107 Å². The molecular formula is C43H56N8O6S. The lowest BCUT2D eigenvalue weighted by atomic mass is 9.83. The van der Waals surface area contributed by atoms with Gasteiger partial charge in [0.25, 0.3) is 5.91 Å². The Labute approximate surface area is 343 Å². The summed E-state index contributed by atoms with van der Waals surface area (Å²) in [5.74, 6) is -2.58. The van der Waals surface area contributed by atoms with Crippen LogP contribution in [0.5, 0.6) is 0 Å². The lowest BCUT2D eigenvalue weighted by Crippen LogP contribution is -2.58. The highest BCUT2D eigenvalue weighted by Crippen LogP contribution is 2.29. The van der Waals surface area contributed by atoms with Crippen LogP contribution in [0.4, 0.5) is 0 Å². The van der Waals surface area contributed by atoms with E-state index in [4.69, 9.17) is 11.5 Å². The maximum absolute atomic E-state index is 14.7. The van der Waals surface area contributed by atoms with Gasteiger partial charge >= 0.3 is 0 Å². The molecule has 14 nitrogen and oxygen atoms in total. The number of aliphatic hydroxyl groups is 1. The van der Waals surface area contributed by atoms with Gasteiger partial charge in [-0.2, -0.15) is 0 Å². The second kappa shape index (κ2) is 22.0. The van der Waals surface area contributed by atoms with Gasteiger partial charge in [0.2, 0.25) is 23.6 Å². The third kappa shape index (κ3) is 12.6. The zero-order valence-corrected chi connectivity index (χ0v) is 33.9. The van der Waals surface area contributed by atoms with Crippen molar-refractivity contribution >= 4 is 51.6 Å². The van der Waals surface area contributed by atoms with Crippen LogP contribution in [-0.4, -0.2) is 93.4 Å². The van der Waals surface area contributed by atoms with Crippen molar-refractivity contribution in [3.8, 4) is 0 Å². The number of likely N-dealkylation sites (N-methyl/N-ethyl adjacent to an activating group) is 1. The average Bonchev–Trinajstić information content (AvgIpc) is 3.75. The predicted molar refractivity (Wildman–Crippen MR) is 223 cm³/mol. The van der Waals surface area contributed by atoms with Crippen molar-refractivity contribution in [3.05, 3.63) is 94.7 Å². The number of rotatable bonds is 21. The van der Waals surface area contributed by atoms with Gasteiger partial charge in [0, 0.05) is 37.7 Å². The number of pyridine rings is 1. The summed E-state index contributed by atoms with van der Waals surface area (Å²) in [6, 6.07) is 12.9. The maximum atomic E-state index is 14.7. The molecule has 2 aromatic carbocycles. The standard InChI is InChI=1S/C43H56N8O6S/c1-51(43(57)36(50-41(55)31-16-10-20-46-25-31)22-30-15-9-14-29-13-5-6-17-33(29)30)37(23-32-26-58-27-47-32)42(56)49-35(21-28-11-3-2-4-12-28)38(52)24-39(53)48-34(40(45)54)18-7-8-19-44/h5-6,9-10,13-17,20,25-28,34-38,52H,2-4,7-8,11-12,18-19,21-24,44H2,1H3,(H2,45,54)(H,48,53)(H,49,56)(H,50,55). The van der Waals surface area contributed by atoms with Crippen LogP contribution in [0, 0.1) is 5.92 Å². The number of amides is 5. The molecule has 1 aliphatic rings. The molecule has 1 saturated carbocycles. The van der Waals surface area contributed by atoms with Gasteiger partial charge < -0.3 is 37.4 Å². The largest absolute Gasteiger partial charge is 0.390 e. The molecule has 0 radical (unpaired) electrons. The van der Waals surface area contributed by atoms with Gasteiger partial charge in [-0.25, -0.2) is 4.98 Å². The second-order valence-electron chi connectivity index (χ2n) is 15.2. The van der Waals surface area contributed by atoms with E-state index in [0.29, 0.717) is 37.9 Å². The zero-order chi connectivity index (χ0) is 41.4. The normalized spacial score (nSPS) is 15.7. The fraction of sp³-hybridized carbons (Fsp3) is 0.465. The Morgan fingerprint density at radius 2 is 1.71 bits per heavy atom. The molecular weight excluding hydrogens is 757 g/mol. The third-order valence-corrected chi connectivity index (χ3v) is 11.6. The number of benzene rings is 2. The summed E-state index contributed by atoms with van der Waals surface area (Å²) in [6.45, 7) is 0.440. The monoisotopic (exact) mass is 812 g/mol. The Bertz CT molecular complexity index is 1950. The summed E-state index contributed by atoms with van der Waals surface area (Å²) >= 11 is 1.36. The van der Waals surface area contributed by atoms with Crippen LogP contribution in [0.15, 0.2) is 77.9 Å². The number of fused-ring (bicyclic) bond motifs is 1. The minimum Gasteiger partial charge on any atom is -0.390 e. The average molecular weight is 813 g/mol. The van der Waals surface area contributed by atoms with E-state index in [0.717, 1.165) is 48.4 Å². The zero-order valence-electron chi connectivity index (χ0n) is 33.1. The Balaban J connectivity index is 1.40. The molecule has 5 atom stereocenters. The van der Waals surface area contributed by atoms with Crippen LogP contribution < -0.4 is 27.4 Å². The molecule has 0 spiro atoms. The molecule has 1 fully saturated rings. The molecule has 58 heavy (non-hydrogen) atoms. The van der Waals surface area contributed by atoms with E-state index < -0.39 is 59.8 Å². The lowest BCUT2D eigenvalue weighted by molar-refractivity contribution is -0.141. The molecule has 5 unspecified atom stereocenters. The molecule has 2 aromatic heterocycles. The fourth-order valence-corrected chi connectivity index (χ4v) is 8.28. The van der Waals surface area contributed by atoms with Crippen LogP contribution in [0.2, 0.25) is 0 Å². The molecule has 5 amide bonds. The summed E-state index contributed by atoms with van der Waals surface area (Å²) in [5.41, 5.74) is 14.5. The Morgan fingerprint density at radius 3 is 2.41 bits per heavy atom. The van der Waals surface area contributed by atoms with Crippen molar-refractivity contribution in [2.75, 3.05) is 13.6 Å². The van der Waals surface area contributed by atoms with E-state index in [1.807, 2.05) is 42.5 Å². The summed E-state index contributed by atoms with van der Waals surface area (Å²) in [4.78, 5) is 78.0. The predicted octanol–water partition coefficient (Wildman–Crippen LogP) is 3.41. The van der Waals surface area contributed by atoms with Crippen LogP contribution in [0.1, 0.15) is 85.8 Å². The molecule has 310 valence electrons. The summed E-state index contributed by atoms with van der Waals surface area (Å²) in [6.07, 6.45) is 8.49. The molecule has 0 aliphatic heterocycles. The Hall–Kier alpha value is -5.25. The Morgan fingerprint density at radius 1 is 0.931 bits per heavy atom. The highest BCUT2D eigenvalue weighted by Gasteiger charge is 2.36. The van der Waals surface area contributed by atoms with Gasteiger partial charge in [-0.15, -0.1) is 11.3 Å². The van der Waals surface area contributed by atoms with Gasteiger partial charge in [-0.05, 0) is 66.6 Å². The number of hydrogen-bond acceptors (Lipinski definition) is 10. The summed E-state index contributed by atoms with van der Waals surface area (Å²) in [7, 11) is 1.53. The first kappa shape index (κ1) is 43.9. The van der Waals surface area contributed by atoms with E-state index in [-0.39, 0.29) is 30.7 Å². The summed E-state index contributed by atoms with van der Waals surface area (Å²) < 4.78 is 0. The number of carbonyl (C=O) groups is 5. The Kier molecular flexibility index (Phi) is 16.7. The van der Waals surface area contributed by atoms with Crippen molar-refractivity contribution in [3.63, 3.8) is 0 Å². The number of aliphatic hydroxyl groups excluding tert-OH is 1. The smallest absolute Gasteiger partial charge is 0.253 e. The van der Waals surface area contributed by atoms with Crippen LogP contribution >= 0.6 is 11.3 Å². The quantitative estimate of drug-likeness (QED) is 0.0678. The molecule has 0 bridgehead atoms. The first-order valence-corrected chi connectivity index (χ1v) is 21.1. The highest BCUT2D eigenvalue weighted by molar-refractivity contribution is 7.07. The number of nitrogens with zero attached hydrogens (tertiary/aromatic N) is 3. The number of thiazole rings is 1. The SMILES string of the molecule is CN(C(=O)C(Cc1cccc2ccccc12)NC(=O)c1cccnc1)C(Cc1cscn1)C(=O)NC(CC1CCCCC1)C(O)CC(=O)NC(CCCCN)C(N)=O. The van der Waals surface area contributed by atoms with E-state index in [1.54, 1.807) is 29.2 Å². The van der Waals surface area contributed by atoms with Gasteiger partial charge in [-0.3, -0.25) is 29.0 Å². The van der Waals surface area contributed by atoms with Crippen LogP contribution in [0.25, 0.3) is 10.8 Å². The number of nitrogens with one attached hydrogen (secondary N) is 3. The lowest BCUT2D eigenvalue weighted by Gasteiger charge is -2.34. The molecule has 4 aromatic rings. The molecule has 5 rings (SSSR count). The first-order chi connectivity index (χ1) is 28.0. The maximum Gasteiger partial charge on any atom is 0.253 e. The van der Waals surface area contributed by atoms with E-state index in [1.165, 1.54) is 29.5 Å². The van der Waals surface area contributed by atoms with Gasteiger partial charge in [0.1, 0.15) is 18.1 Å². The van der Waals surface area contributed by atoms with E-state index >= 15 is 0 Å². The van der Waals surface area contributed by atoms with Gasteiger partial charge in [-0.1, -0.05) is 74.6 Å². The van der Waals surface area contributed by atoms with Crippen molar-refractivity contribution in [1.29, 1.82) is 0 Å². The second-order valence-corrected chi connectivity index (χ2v) is 15.9. The minimum absolute atomic E-state index is 0.0605. The number of nitrogens with two attached hydrogens (primary N) is 2. The van der Waals surface area contributed by atoms with Crippen LogP contribution in [0.3, 0.4) is 0 Å². The molecule has 15 heteroatoms. The van der Waals surface area contributed by atoms with E-state index in [2.05, 4.69) is 25.9 Å². The minimum atomic E-state index is -1.30. The molecule has 0 saturated heterocycles. The molecule has 8 N–H and O–H groups in total. The molecule has 2 heterocycles. The van der Waals surface area contributed by atoms with Gasteiger partial charge in [0.05, 0.1) is 35.3 Å². The van der Waals surface area contributed by atoms with Crippen molar-refractivity contribution < 1.29 is 29.1 Å². The van der Waals surface area contributed by atoms with Crippen molar-refractivity contribution in [2.24, 2.45) is 17.4 Å². The van der Waals surface area contributed by atoms with Gasteiger partial charge in [0.15, 0.2) is 0 Å². The number of hydrogen-bond donors (Lipinski definition) is 6. The number of primary amides is 1. The summed E-state index contributed by atoms with van der Waals surface area (Å²) in [5, 5.41) is 23.9. The number of carbonyl (C=O) groups excluding carboxylic acids is 5. The van der Waals surface area contributed by atoms with Crippen LogP contribution in [-0.2, 0) is 32.0 Å². The first-order valence-electron chi connectivity index (χ1n) is 20.1. The third-order valence-electron chi connectivity index (χ3n) is 11.0. The van der Waals surface area contributed by atoms with E-state index in [9.17, 15) is 29.1 Å².